The maximum absolute atomic E-state index is 12.2. The summed E-state index contributed by atoms with van der Waals surface area (Å²) in [7, 11) is 0. The molecule has 0 unspecified atom stereocenters. The van der Waals surface area contributed by atoms with Crippen LogP contribution in [0.2, 0.25) is 0 Å². The van der Waals surface area contributed by atoms with E-state index in [1.807, 2.05) is 54.6 Å². The summed E-state index contributed by atoms with van der Waals surface area (Å²) in [5, 5.41) is 0. The lowest BCUT2D eigenvalue weighted by molar-refractivity contribution is 0.0472. The summed E-state index contributed by atoms with van der Waals surface area (Å²) in [6.07, 6.45) is 0.807. The van der Waals surface area contributed by atoms with Gasteiger partial charge in [-0.1, -0.05) is 60.7 Å². The van der Waals surface area contributed by atoms with E-state index in [0.717, 1.165) is 23.0 Å². The summed E-state index contributed by atoms with van der Waals surface area (Å²) in [6, 6.07) is 24.0. The van der Waals surface area contributed by atoms with E-state index in [1.165, 1.54) is 0 Å². The molecular weight excluding hydrogens is 300 g/mol. The van der Waals surface area contributed by atoms with Crippen LogP contribution in [0, 0.1) is 0 Å². The van der Waals surface area contributed by atoms with Crippen LogP contribution in [0.3, 0.4) is 0 Å². The number of ether oxygens (including phenoxy) is 1. The smallest absolute Gasteiger partial charge is 0.338 e. The molecule has 3 nitrogen and oxygen atoms in total. The van der Waals surface area contributed by atoms with Gasteiger partial charge in [0.1, 0.15) is 12.9 Å². The van der Waals surface area contributed by atoms with Crippen molar-refractivity contribution in [2.24, 2.45) is 0 Å². The predicted octanol–water partition coefficient (Wildman–Crippen LogP) is 4.52. The number of hydrogen-bond acceptors (Lipinski definition) is 3. The van der Waals surface area contributed by atoms with Gasteiger partial charge in [-0.3, -0.25) is 4.79 Å². The summed E-state index contributed by atoms with van der Waals surface area (Å²) in [6.45, 7) is 0.241. The number of aldehydes is 1. The average Bonchev–Trinajstić information content (AvgIpc) is 2.67. The summed E-state index contributed by atoms with van der Waals surface area (Å²) in [5.41, 5.74) is 3.79. The van der Waals surface area contributed by atoms with Crippen LogP contribution >= 0.6 is 0 Å². The van der Waals surface area contributed by atoms with E-state index in [0.29, 0.717) is 11.1 Å². The van der Waals surface area contributed by atoms with E-state index >= 15 is 0 Å². The predicted molar refractivity (Wildman–Crippen MR) is 92.8 cm³/mol. The molecule has 3 rings (SSSR count). The van der Waals surface area contributed by atoms with Crippen LogP contribution in [0.25, 0.3) is 11.1 Å². The van der Waals surface area contributed by atoms with Crippen molar-refractivity contribution >= 4 is 12.3 Å². The highest BCUT2D eigenvalue weighted by Crippen LogP contribution is 2.21. The molecule has 0 N–H and O–H groups in total. The van der Waals surface area contributed by atoms with Crippen LogP contribution in [0.15, 0.2) is 78.9 Å². The zero-order valence-corrected chi connectivity index (χ0v) is 13.0. The molecule has 3 aromatic carbocycles. The standard InChI is InChI=1S/C21H16O3/c22-14-17-8-4-9-18(12-17)19-10-5-11-20(13-19)21(23)24-15-16-6-2-1-3-7-16/h1-14H,15H2. The zero-order valence-electron chi connectivity index (χ0n) is 13.0. The van der Waals surface area contributed by atoms with Crippen LogP contribution in [-0.2, 0) is 11.3 Å². The van der Waals surface area contributed by atoms with Crippen molar-refractivity contribution in [3.05, 3.63) is 95.6 Å². The van der Waals surface area contributed by atoms with Gasteiger partial charge in [0.05, 0.1) is 5.56 Å². The lowest BCUT2D eigenvalue weighted by Gasteiger charge is -2.07. The first kappa shape index (κ1) is 15.7. The van der Waals surface area contributed by atoms with Gasteiger partial charge in [-0.2, -0.15) is 0 Å². The van der Waals surface area contributed by atoms with Gasteiger partial charge in [-0.25, -0.2) is 4.79 Å². The van der Waals surface area contributed by atoms with Gasteiger partial charge >= 0.3 is 5.97 Å². The van der Waals surface area contributed by atoms with Crippen molar-refractivity contribution in [1.29, 1.82) is 0 Å². The maximum atomic E-state index is 12.2. The van der Waals surface area contributed by atoms with Gasteiger partial charge in [0.15, 0.2) is 0 Å². The molecule has 0 spiro atoms. The van der Waals surface area contributed by atoms with E-state index in [9.17, 15) is 9.59 Å². The van der Waals surface area contributed by atoms with Gasteiger partial charge in [0, 0.05) is 5.56 Å². The quantitative estimate of drug-likeness (QED) is 0.513. The number of carbonyl (C=O) groups excluding carboxylic acids is 2. The highest BCUT2D eigenvalue weighted by molar-refractivity contribution is 5.91. The third-order valence-corrected chi connectivity index (χ3v) is 3.67. The second kappa shape index (κ2) is 7.38. The third-order valence-electron chi connectivity index (χ3n) is 3.67. The molecular formula is C21H16O3. The van der Waals surface area contributed by atoms with E-state index in [1.54, 1.807) is 24.3 Å². The molecule has 3 heteroatoms. The molecule has 3 aromatic rings. The summed E-state index contributed by atoms with van der Waals surface area (Å²) in [5.74, 6) is -0.368. The largest absolute Gasteiger partial charge is 0.457 e. The first-order chi connectivity index (χ1) is 11.8. The number of esters is 1. The molecule has 0 aliphatic rings. The molecule has 0 aromatic heterocycles. The molecule has 0 heterocycles. The maximum Gasteiger partial charge on any atom is 0.338 e. The van der Waals surface area contributed by atoms with Gasteiger partial charge in [0.2, 0.25) is 0 Å². The van der Waals surface area contributed by atoms with Crippen molar-refractivity contribution in [3.8, 4) is 11.1 Å². The van der Waals surface area contributed by atoms with Gasteiger partial charge in [-0.15, -0.1) is 0 Å². The summed E-state index contributed by atoms with van der Waals surface area (Å²) in [4.78, 5) is 23.2. The van der Waals surface area contributed by atoms with Crippen LogP contribution in [-0.4, -0.2) is 12.3 Å². The molecule has 0 aliphatic heterocycles. The van der Waals surface area contributed by atoms with E-state index in [-0.39, 0.29) is 12.6 Å². The van der Waals surface area contributed by atoms with Gasteiger partial charge in [0.25, 0.3) is 0 Å². The first-order valence-electron chi connectivity index (χ1n) is 7.63. The average molecular weight is 316 g/mol. The molecule has 0 aliphatic carbocycles. The monoisotopic (exact) mass is 316 g/mol. The van der Waals surface area contributed by atoms with E-state index in [2.05, 4.69) is 0 Å². The Balaban J connectivity index is 1.77. The molecule has 0 atom stereocenters. The van der Waals surface area contributed by atoms with Crippen LogP contribution in [0.4, 0.5) is 0 Å². The van der Waals surface area contributed by atoms with Crippen LogP contribution in [0.5, 0.6) is 0 Å². The van der Waals surface area contributed by atoms with Crippen molar-refractivity contribution in [3.63, 3.8) is 0 Å². The second-order valence-electron chi connectivity index (χ2n) is 5.39. The third kappa shape index (κ3) is 3.76. The van der Waals surface area contributed by atoms with E-state index in [4.69, 9.17) is 4.74 Å². The fourth-order valence-corrected chi connectivity index (χ4v) is 2.42. The highest BCUT2D eigenvalue weighted by atomic mass is 16.5. The Hall–Kier alpha value is -3.20. The molecule has 0 bridgehead atoms. The Morgan fingerprint density at radius 1 is 0.833 bits per heavy atom. The summed E-state index contributed by atoms with van der Waals surface area (Å²) >= 11 is 0. The molecule has 0 saturated heterocycles. The van der Waals surface area contributed by atoms with E-state index < -0.39 is 0 Å². The first-order valence-corrected chi connectivity index (χ1v) is 7.63. The number of benzene rings is 3. The van der Waals surface area contributed by atoms with Crippen LogP contribution in [0.1, 0.15) is 26.3 Å². The molecule has 118 valence electrons. The highest BCUT2D eigenvalue weighted by Gasteiger charge is 2.09. The Morgan fingerprint density at radius 2 is 1.54 bits per heavy atom. The van der Waals surface area contributed by atoms with Crippen molar-refractivity contribution in [2.45, 2.75) is 6.61 Å². The fourth-order valence-electron chi connectivity index (χ4n) is 2.42. The minimum Gasteiger partial charge on any atom is -0.457 e. The van der Waals surface area contributed by atoms with Crippen LogP contribution < -0.4 is 0 Å². The second-order valence-corrected chi connectivity index (χ2v) is 5.39. The van der Waals surface area contributed by atoms with Crippen molar-refractivity contribution in [2.75, 3.05) is 0 Å². The molecule has 0 amide bonds. The lowest BCUT2D eigenvalue weighted by Crippen LogP contribution is -2.05. The van der Waals surface area contributed by atoms with Gasteiger partial charge in [-0.05, 0) is 34.9 Å². The molecule has 0 saturated carbocycles. The minimum absolute atomic E-state index is 0.241. The summed E-state index contributed by atoms with van der Waals surface area (Å²) < 4.78 is 5.35. The zero-order chi connectivity index (χ0) is 16.8. The lowest BCUT2D eigenvalue weighted by atomic mass is 10.0. The SMILES string of the molecule is O=Cc1cccc(-c2cccc(C(=O)OCc3ccccc3)c2)c1. The molecule has 0 fully saturated rings. The fraction of sp³-hybridized carbons (Fsp3) is 0.0476. The van der Waals surface area contributed by atoms with Crippen molar-refractivity contribution in [1.82, 2.24) is 0 Å². The normalized spacial score (nSPS) is 10.2. The van der Waals surface area contributed by atoms with Gasteiger partial charge < -0.3 is 4.74 Å². The number of hydrogen-bond donors (Lipinski definition) is 0. The Morgan fingerprint density at radius 3 is 2.29 bits per heavy atom. The molecule has 24 heavy (non-hydrogen) atoms. The number of carbonyl (C=O) groups is 2. The Bertz CT molecular complexity index is 854. The van der Waals surface area contributed by atoms with Crippen molar-refractivity contribution < 1.29 is 14.3 Å². The topological polar surface area (TPSA) is 43.4 Å². The Labute approximate surface area is 140 Å². The number of rotatable bonds is 5. The Kier molecular flexibility index (Phi) is 4.82. The minimum atomic E-state index is -0.368. The molecule has 0 radical (unpaired) electrons.